The van der Waals surface area contributed by atoms with Gasteiger partial charge in [-0.2, -0.15) is 0 Å². The molecule has 0 aliphatic heterocycles. The summed E-state index contributed by atoms with van der Waals surface area (Å²) in [6, 6.07) is 0. The first-order chi connectivity index (χ1) is 10.9. The van der Waals surface area contributed by atoms with Crippen LogP contribution in [0.25, 0.3) is 0 Å². The van der Waals surface area contributed by atoms with E-state index in [0.29, 0.717) is 25.8 Å². The summed E-state index contributed by atoms with van der Waals surface area (Å²) >= 11 is 0. The highest BCUT2D eigenvalue weighted by Crippen LogP contribution is 2.09. The van der Waals surface area contributed by atoms with Crippen LogP contribution in [0.1, 0.15) is 26.2 Å². The molecule has 0 aliphatic carbocycles. The van der Waals surface area contributed by atoms with Crippen molar-refractivity contribution in [3.05, 3.63) is 0 Å². The average molecular weight is 336 g/mol. The zero-order valence-electron chi connectivity index (χ0n) is 13.6. The lowest BCUT2D eigenvalue weighted by molar-refractivity contribution is -0.153. The van der Waals surface area contributed by atoms with Crippen molar-refractivity contribution >= 4 is 11.8 Å². The van der Waals surface area contributed by atoms with Crippen LogP contribution >= 0.6 is 0 Å². The number of amides is 2. The van der Waals surface area contributed by atoms with Crippen LogP contribution < -0.4 is 10.6 Å². The van der Waals surface area contributed by atoms with Gasteiger partial charge in [-0.1, -0.05) is 6.92 Å². The van der Waals surface area contributed by atoms with Crippen LogP contribution in [0.3, 0.4) is 0 Å². The Hall–Kier alpha value is -1.26. The van der Waals surface area contributed by atoms with Crippen molar-refractivity contribution in [2.75, 3.05) is 26.8 Å². The number of hydrogen-bond acceptors (Lipinski definition) is 7. The Morgan fingerprint density at radius 2 is 1.65 bits per heavy atom. The van der Waals surface area contributed by atoms with E-state index in [0.717, 1.165) is 0 Å². The van der Waals surface area contributed by atoms with Crippen LogP contribution in [0.5, 0.6) is 0 Å². The van der Waals surface area contributed by atoms with Gasteiger partial charge in [-0.05, 0) is 12.8 Å². The molecule has 0 spiro atoms. The minimum Gasteiger partial charge on any atom is -0.394 e. The summed E-state index contributed by atoms with van der Waals surface area (Å²) in [5.41, 5.74) is 0. The molecule has 0 saturated carbocycles. The Labute approximate surface area is 135 Å². The van der Waals surface area contributed by atoms with Crippen LogP contribution in [0.15, 0.2) is 0 Å². The van der Waals surface area contributed by atoms with Crippen molar-refractivity contribution in [1.82, 2.24) is 10.6 Å². The smallest absolute Gasteiger partial charge is 0.251 e. The van der Waals surface area contributed by atoms with E-state index in [1.54, 1.807) is 6.92 Å². The second kappa shape index (κ2) is 12.2. The normalized spacial score (nSPS) is 16.3. The topological polar surface area (TPSA) is 148 Å². The lowest BCUT2D eigenvalue weighted by Gasteiger charge is -2.27. The van der Waals surface area contributed by atoms with E-state index in [1.165, 1.54) is 7.11 Å². The Kier molecular flexibility index (Phi) is 11.5. The molecule has 0 bridgehead atoms. The fourth-order valence-electron chi connectivity index (χ4n) is 1.88. The molecule has 0 rings (SSSR count). The Morgan fingerprint density at radius 1 is 1.09 bits per heavy atom. The molecule has 0 heterocycles. The van der Waals surface area contributed by atoms with Crippen LogP contribution in [-0.4, -0.2) is 83.5 Å². The summed E-state index contributed by atoms with van der Waals surface area (Å²) in [7, 11) is 1.18. The van der Waals surface area contributed by atoms with Gasteiger partial charge in [-0.3, -0.25) is 9.59 Å². The maximum absolute atomic E-state index is 11.7. The number of unbranched alkanes of at least 4 members (excludes halogenated alkanes) is 1. The Balaban J connectivity index is 4.07. The number of aliphatic hydroxyl groups excluding tert-OH is 4. The summed E-state index contributed by atoms with van der Waals surface area (Å²) in [5.74, 6) is -0.845. The number of ether oxygens (including phenoxy) is 1. The summed E-state index contributed by atoms with van der Waals surface area (Å²) < 4.78 is 4.79. The van der Waals surface area contributed by atoms with E-state index in [2.05, 4.69) is 10.6 Å². The highest BCUT2D eigenvalue weighted by Gasteiger charge is 2.35. The summed E-state index contributed by atoms with van der Waals surface area (Å²) in [5, 5.41) is 43.0. The van der Waals surface area contributed by atoms with Crippen molar-refractivity contribution < 1.29 is 34.8 Å². The van der Waals surface area contributed by atoms with E-state index in [4.69, 9.17) is 9.84 Å². The zero-order chi connectivity index (χ0) is 17.8. The molecule has 0 fully saturated rings. The number of methoxy groups -OCH3 is 1. The standard InChI is InChI=1S/C14H28N2O7/c1-3-10(19)15-6-4-5-7-16-14(22)12(21)11(20)13(23-2)9(18)8-17/h9,11-13,17-18,20-21H,3-8H2,1-2H3,(H,15,19)(H,16,22)/t9?,11-,12?,13-/m1/s1. The quantitative estimate of drug-likeness (QED) is 0.216. The molecule has 136 valence electrons. The van der Waals surface area contributed by atoms with Gasteiger partial charge in [0, 0.05) is 26.6 Å². The van der Waals surface area contributed by atoms with Gasteiger partial charge in [0.05, 0.1) is 6.61 Å². The van der Waals surface area contributed by atoms with Crippen LogP contribution in [0.2, 0.25) is 0 Å². The Morgan fingerprint density at radius 3 is 2.13 bits per heavy atom. The average Bonchev–Trinajstić information content (AvgIpc) is 2.56. The fourth-order valence-corrected chi connectivity index (χ4v) is 1.88. The van der Waals surface area contributed by atoms with Gasteiger partial charge in [0.1, 0.15) is 18.3 Å². The first kappa shape index (κ1) is 21.7. The zero-order valence-corrected chi connectivity index (χ0v) is 13.6. The molecule has 0 aromatic heterocycles. The molecule has 23 heavy (non-hydrogen) atoms. The molecular weight excluding hydrogens is 308 g/mol. The maximum Gasteiger partial charge on any atom is 0.251 e. The van der Waals surface area contributed by atoms with Crippen LogP contribution in [0, 0.1) is 0 Å². The van der Waals surface area contributed by atoms with Gasteiger partial charge in [0.2, 0.25) is 5.91 Å². The molecule has 0 saturated heterocycles. The molecule has 6 N–H and O–H groups in total. The van der Waals surface area contributed by atoms with E-state index < -0.39 is 36.9 Å². The van der Waals surface area contributed by atoms with Gasteiger partial charge in [0.15, 0.2) is 6.10 Å². The largest absolute Gasteiger partial charge is 0.394 e. The SMILES string of the molecule is CCC(=O)NCCCCNC(=O)C(O)[C@@H](O)[C@H](OC)C(O)CO. The number of nitrogens with one attached hydrogen (secondary N) is 2. The lowest BCUT2D eigenvalue weighted by Crippen LogP contribution is -2.52. The first-order valence-electron chi connectivity index (χ1n) is 7.61. The van der Waals surface area contributed by atoms with Gasteiger partial charge in [-0.15, -0.1) is 0 Å². The molecule has 0 aliphatic rings. The molecule has 0 radical (unpaired) electrons. The minimum absolute atomic E-state index is 0.0411. The summed E-state index contributed by atoms with van der Waals surface area (Å²) in [6.45, 7) is 1.85. The minimum atomic E-state index is -1.79. The predicted molar refractivity (Wildman–Crippen MR) is 81.4 cm³/mol. The first-order valence-corrected chi connectivity index (χ1v) is 7.61. The van der Waals surface area contributed by atoms with Crippen molar-refractivity contribution in [1.29, 1.82) is 0 Å². The number of hydrogen-bond donors (Lipinski definition) is 6. The molecule has 2 amide bonds. The summed E-state index contributed by atoms with van der Waals surface area (Å²) in [4.78, 5) is 22.7. The molecule has 4 atom stereocenters. The van der Waals surface area contributed by atoms with Crippen LogP contribution in [-0.2, 0) is 14.3 Å². The number of aliphatic hydroxyl groups is 4. The predicted octanol–water partition coefficient (Wildman–Crippen LogP) is -2.50. The van der Waals surface area contributed by atoms with Gasteiger partial charge in [-0.25, -0.2) is 0 Å². The molecular formula is C14H28N2O7. The molecule has 0 aromatic carbocycles. The van der Waals surface area contributed by atoms with E-state index in [9.17, 15) is 24.9 Å². The fraction of sp³-hybridized carbons (Fsp3) is 0.857. The van der Waals surface area contributed by atoms with Gasteiger partial charge < -0.3 is 35.8 Å². The van der Waals surface area contributed by atoms with Gasteiger partial charge in [0.25, 0.3) is 5.91 Å². The summed E-state index contributed by atoms with van der Waals surface area (Å²) in [6.07, 6.45) is -4.50. The maximum atomic E-state index is 11.7. The number of carbonyl (C=O) groups excluding carboxylic acids is 2. The molecule has 2 unspecified atom stereocenters. The van der Waals surface area contributed by atoms with Crippen molar-refractivity contribution in [3.63, 3.8) is 0 Å². The van der Waals surface area contributed by atoms with Crippen molar-refractivity contribution in [2.24, 2.45) is 0 Å². The third kappa shape index (κ3) is 8.24. The van der Waals surface area contributed by atoms with E-state index >= 15 is 0 Å². The molecule has 9 nitrogen and oxygen atoms in total. The lowest BCUT2D eigenvalue weighted by atomic mass is 10.0. The van der Waals surface area contributed by atoms with E-state index in [-0.39, 0.29) is 12.5 Å². The van der Waals surface area contributed by atoms with Crippen LogP contribution in [0.4, 0.5) is 0 Å². The van der Waals surface area contributed by atoms with Crippen molar-refractivity contribution in [3.8, 4) is 0 Å². The second-order valence-electron chi connectivity index (χ2n) is 5.09. The monoisotopic (exact) mass is 336 g/mol. The second-order valence-corrected chi connectivity index (χ2v) is 5.09. The third-order valence-corrected chi connectivity index (χ3v) is 3.31. The van der Waals surface area contributed by atoms with E-state index in [1.807, 2.05) is 0 Å². The van der Waals surface area contributed by atoms with Gasteiger partial charge >= 0.3 is 0 Å². The highest BCUT2D eigenvalue weighted by atomic mass is 16.5. The highest BCUT2D eigenvalue weighted by molar-refractivity contribution is 5.81. The third-order valence-electron chi connectivity index (χ3n) is 3.31. The molecule has 0 aromatic rings. The van der Waals surface area contributed by atoms with Crippen molar-refractivity contribution in [2.45, 2.75) is 50.6 Å². The molecule has 9 heteroatoms. The Bertz CT molecular complexity index is 354. The number of rotatable bonds is 12. The number of carbonyl (C=O) groups is 2.